The Morgan fingerprint density at radius 1 is 0.793 bits per heavy atom. The molecule has 3 aromatic carbocycles. The number of rotatable bonds is 8. The molecule has 148 valence electrons. The molecule has 0 aliphatic carbocycles. The highest BCUT2D eigenvalue weighted by atomic mass is 16.2. The molecule has 0 saturated heterocycles. The van der Waals surface area contributed by atoms with Crippen LogP contribution in [0.5, 0.6) is 0 Å². The molecule has 0 saturated carbocycles. The molecular formula is C25H26N2O2. The predicted octanol–water partition coefficient (Wildman–Crippen LogP) is 4.41. The van der Waals surface area contributed by atoms with Crippen molar-refractivity contribution >= 4 is 11.8 Å². The molecule has 0 bridgehead atoms. The van der Waals surface area contributed by atoms with Gasteiger partial charge in [-0.3, -0.25) is 9.59 Å². The van der Waals surface area contributed by atoms with Gasteiger partial charge in [0.05, 0.1) is 6.04 Å². The van der Waals surface area contributed by atoms with Crippen LogP contribution in [0.2, 0.25) is 0 Å². The van der Waals surface area contributed by atoms with E-state index < -0.39 is 0 Å². The minimum atomic E-state index is -0.191. The van der Waals surface area contributed by atoms with Gasteiger partial charge in [-0.25, -0.2) is 0 Å². The summed E-state index contributed by atoms with van der Waals surface area (Å²) >= 11 is 0. The molecule has 0 fully saturated rings. The van der Waals surface area contributed by atoms with Crippen LogP contribution in [0.4, 0.5) is 0 Å². The molecule has 0 aliphatic heterocycles. The Hall–Kier alpha value is -3.40. The first-order valence-electron chi connectivity index (χ1n) is 9.87. The standard InChI is InChI=1S/C25H26N2O2/c1-19-14-16-21(17-15-19)24(20-9-4-2-5-10-20)27-23(28)13-8-18-26-25(29)22-11-6-3-7-12-22/h2-7,9-12,14-17,24H,8,13,18H2,1H3,(H,26,29)(H,27,28). The molecule has 0 radical (unpaired) electrons. The highest BCUT2D eigenvalue weighted by Crippen LogP contribution is 2.22. The third-order valence-electron chi connectivity index (χ3n) is 4.75. The van der Waals surface area contributed by atoms with Gasteiger partial charge in [-0.1, -0.05) is 78.4 Å². The van der Waals surface area contributed by atoms with Crippen molar-refractivity contribution in [2.24, 2.45) is 0 Å². The molecule has 3 aromatic rings. The molecule has 0 aromatic heterocycles. The van der Waals surface area contributed by atoms with E-state index in [0.29, 0.717) is 24.9 Å². The van der Waals surface area contributed by atoms with Crippen molar-refractivity contribution in [2.75, 3.05) is 6.54 Å². The highest BCUT2D eigenvalue weighted by Gasteiger charge is 2.16. The zero-order valence-corrected chi connectivity index (χ0v) is 16.6. The van der Waals surface area contributed by atoms with Gasteiger partial charge < -0.3 is 10.6 Å². The van der Waals surface area contributed by atoms with Gasteiger partial charge >= 0.3 is 0 Å². The van der Waals surface area contributed by atoms with Crippen LogP contribution in [-0.4, -0.2) is 18.4 Å². The molecule has 0 heterocycles. The van der Waals surface area contributed by atoms with Gasteiger partial charge in [0.25, 0.3) is 5.91 Å². The maximum absolute atomic E-state index is 12.6. The van der Waals surface area contributed by atoms with E-state index in [1.807, 2.05) is 67.6 Å². The third kappa shape index (κ3) is 6.04. The van der Waals surface area contributed by atoms with Crippen molar-refractivity contribution in [1.82, 2.24) is 10.6 Å². The topological polar surface area (TPSA) is 58.2 Å². The van der Waals surface area contributed by atoms with Crippen molar-refractivity contribution < 1.29 is 9.59 Å². The first-order chi connectivity index (χ1) is 14.1. The van der Waals surface area contributed by atoms with Crippen molar-refractivity contribution in [3.05, 3.63) is 107 Å². The molecule has 2 amide bonds. The van der Waals surface area contributed by atoms with Gasteiger partial charge in [0, 0.05) is 18.5 Å². The number of carbonyl (C=O) groups excluding carboxylic acids is 2. The zero-order valence-electron chi connectivity index (χ0n) is 16.6. The third-order valence-corrected chi connectivity index (χ3v) is 4.75. The summed E-state index contributed by atoms with van der Waals surface area (Å²) in [5, 5.41) is 6.00. The van der Waals surface area contributed by atoms with E-state index in [1.165, 1.54) is 5.56 Å². The van der Waals surface area contributed by atoms with Crippen LogP contribution < -0.4 is 10.6 Å². The van der Waals surface area contributed by atoms with E-state index in [-0.39, 0.29) is 17.9 Å². The van der Waals surface area contributed by atoms with Gasteiger partial charge in [-0.15, -0.1) is 0 Å². The first-order valence-corrected chi connectivity index (χ1v) is 9.87. The predicted molar refractivity (Wildman–Crippen MR) is 116 cm³/mol. The van der Waals surface area contributed by atoms with Crippen LogP contribution in [0, 0.1) is 6.92 Å². The van der Waals surface area contributed by atoms with Crippen molar-refractivity contribution in [3.63, 3.8) is 0 Å². The molecule has 4 heteroatoms. The highest BCUT2D eigenvalue weighted by molar-refractivity contribution is 5.94. The summed E-state index contributed by atoms with van der Waals surface area (Å²) in [5.41, 5.74) is 3.90. The van der Waals surface area contributed by atoms with Crippen LogP contribution in [0.1, 0.15) is 45.9 Å². The lowest BCUT2D eigenvalue weighted by Crippen LogP contribution is -2.30. The van der Waals surface area contributed by atoms with Crippen molar-refractivity contribution in [3.8, 4) is 0 Å². The molecule has 1 unspecified atom stereocenters. The molecule has 1 atom stereocenters. The van der Waals surface area contributed by atoms with Gasteiger partial charge in [0.15, 0.2) is 0 Å². The van der Waals surface area contributed by atoms with E-state index in [9.17, 15) is 9.59 Å². The maximum Gasteiger partial charge on any atom is 0.251 e. The summed E-state index contributed by atoms with van der Waals surface area (Å²) in [4.78, 5) is 24.6. The molecule has 4 nitrogen and oxygen atoms in total. The summed E-state index contributed by atoms with van der Waals surface area (Å²) < 4.78 is 0. The lowest BCUT2D eigenvalue weighted by molar-refractivity contribution is -0.121. The van der Waals surface area contributed by atoms with Crippen molar-refractivity contribution in [1.29, 1.82) is 0 Å². The van der Waals surface area contributed by atoms with Crippen LogP contribution in [0.15, 0.2) is 84.9 Å². The number of hydrogen-bond donors (Lipinski definition) is 2. The molecule has 2 N–H and O–H groups in total. The Morgan fingerprint density at radius 2 is 1.38 bits per heavy atom. The van der Waals surface area contributed by atoms with Crippen molar-refractivity contribution in [2.45, 2.75) is 25.8 Å². The largest absolute Gasteiger partial charge is 0.352 e. The molecular weight excluding hydrogens is 360 g/mol. The summed E-state index contributed by atoms with van der Waals surface area (Å²) in [7, 11) is 0. The minimum Gasteiger partial charge on any atom is -0.352 e. The van der Waals surface area contributed by atoms with E-state index in [4.69, 9.17) is 0 Å². The quantitative estimate of drug-likeness (QED) is 0.564. The van der Waals surface area contributed by atoms with Gasteiger partial charge in [0.2, 0.25) is 5.91 Å². The van der Waals surface area contributed by atoms with E-state index in [0.717, 1.165) is 11.1 Å². The second kappa shape index (κ2) is 10.2. The summed E-state index contributed by atoms with van der Waals surface area (Å²) in [6.07, 6.45) is 0.935. The minimum absolute atomic E-state index is 0.0339. The molecule has 29 heavy (non-hydrogen) atoms. The Balaban J connectivity index is 1.55. The smallest absolute Gasteiger partial charge is 0.251 e. The van der Waals surface area contributed by atoms with Crippen LogP contribution in [0.25, 0.3) is 0 Å². The molecule has 0 spiro atoms. The van der Waals surface area contributed by atoms with E-state index in [1.54, 1.807) is 12.1 Å². The first kappa shape index (κ1) is 20.3. The van der Waals surface area contributed by atoms with Gasteiger partial charge in [-0.05, 0) is 36.6 Å². The summed E-state index contributed by atoms with van der Waals surface area (Å²) in [6.45, 7) is 2.51. The summed E-state index contributed by atoms with van der Waals surface area (Å²) in [6, 6.07) is 27.0. The number of amides is 2. The van der Waals surface area contributed by atoms with Gasteiger partial charge in [0.1, 0.15) is 0 Å². The number of benzene rings is 3. The summed E-state index contributed by atoms with van der Waals surface area (Å²) in [5.74, 6) is -0.152. The zero-order chi connectivity index (χ0) is 20.5. The molecule has 3 rings (SSSR count). The second-order valence-electron chi connectivity index (χ2n) is 7.05. The molecule has 0 aliphatic rings. The van der Waals surface area contributed by atoms with Crippen LogP contribution in [0.3, 0.4) is 0 Å². The number of hydrogen-bond acceptors (Lipinski definition) is 2. The van der Waals surface area contributed by atoms with E-state index in [2.05, 4.69) is 22.8 Å². The normalized spacial score (nSPS) is 11.5. The Labute approximate surface area is 172 Å². The maximum atomic E-state index is 12.6. The average Bonchev–Trinajstić information content (AvgIpc) is 2.77. The van der Waals surface area contributed by atoms with Crippen LogP contribution >= 0.6 is 0 Å². The lowest BCUT2D eigenvalue weighted by atomic mass is 9.97. The monoisotopic (exact) mass is 386 g/mol. The lowest BCUT2D eigenvalue weighted by Gasteiger charge is -2.20. The van der Waals surface area contributed by atoms with E-state index >= 15 is 0 Å². The second-order valence-corrected chi connectivity index (χ2v) is 7.05. The fourth-order valence-corrected chi connectivity index (χ4v) is 3.14. The fourth-order valence-electron chi connectivity index (χ4n) is 3.14. The Kier molecular flexibility index (Phi) is 7.17. The Bertz CT molecular complexity index is 922. The SMILES string of the molecule is Cc1ccc(C(NC(=O)CCCNC(=O)c2ccccc2)c2ccccc2)cc1. The number of carbonyl (C=O) groups is 2. The van der Waals surface area contributed by atoms with Gasteiger partial charge in [-0.2, -0.15) is 0 Å². The number of nitrogens with one attached hydrogen (secondary N) is 2. The average molecular weight is 386 g/mol. The Morgan fingerprint density at radius 3 is 2.03 bits per heavy atom. The fraction of sp³-hybridized carbons (Fsp3) is 0.200. The van der Waals surface area contributed by atoms with Crippen LogP contribution in [-0.2, 0) is 4.79 Å². The number of aryl methyl sites for hydroxylation is 1.